The van der Waals surface area contributed by atoms with Gasteiger partial charge in [0.15, 0.2) is 0 Å². The third-order valence-corrected chi connectivity index (χ3v) is 3.09. The molecular formula is C12H19N3. The van der Waals surface area contributed by atoms with Gasteiger partial charge in [0, 0.05) is 18.4 Å². The summed E-state index contributed by atoms with van der Waals surface area (Å²) < 4.78 is 0. The number of nitrogens with zero attached hydrogens (tertiary/aromatic N) is 2. The largest absolute Gasteiger partial charge is 0.324 e. The smallest absolute Gasteiger partial charge is 0.0308 e. The van der Waals surface area contributed by atoms with Crippen LogP contribution in [0.15, 0.2) is 24.5 Å². The molecule has 0 amide bonds. The zero-order valence-corrected chi connectivity index (χ0v) is 9.10. The summed E-state index contributed by atoms with van der Waals surface area (Å²) in [5, 5.41) is 0. The maximum Gasteiger partial charge on any atom is 0.0308 e. The molecule has 1 aromatic heterocycles. The third kappa shape index (κ3) is 3.01. The first-order valence-electron chi connectivity index (χ1n) is 5.74. The van der Waals surface area contributed by atoms with Crippen molar-refractivity contribution in [3.05, 3.63) is 30.1 Å². The molecule has 2 rings (SSSR count). The molecular weight excluding hydrogens is 186 g/mol. The van der Waals surface area contributed by atoms with Crippen LogP contribution in [0.25, 0.3) is 0 Å². The van der Waals surface area contributed by atoms with Gasteiger partial charge in [0.05, 0.1) is 0 Å². The Morgan fingerprint density at radius 3 is 2.60 bits per heavy atom. The number of nitrogens with two attached hydrogens (primary N) is 1. The highest BCUT2D eigenvalue weighted by atomic mass is 15.1. The minimum Gasteiger partial charge on any atom is -0.324 e. The first-order chi connectivity index (χ1) is 7.36. The van der Waals surface area contributed by atoms with Crippen LogP contribution >= 0.6 is 0 Å². The number of pyridine rings is 1. The summed E-state index contributed by atoms with van der Waals surface area (Å²) in [5.41, 5.74) is 7.32. The van der Waals surface area contributed by atoms with Crippen molar-refractivity contribution < 1.29 is 0 Å². The lowest BCUT2D eigenvalue weighted by atomic mass is 10.1. The Kier molecular flexibility index (Phi) is 3.69. The van der Waals surface area contributed by atoms with Gasteiger partial charge in [-0.25, -0.2) is 0 Å². The van der Waals surface area contributed by atoms with E-state index in [1.807, 2.05) is 24.5 Å². The van der Waals surface area contributed by atoms with Gasteiger partial charge in [-0.1, -0.05) is 0 Å². The molecule has 1 aliphatic rings. The molecule has 2 heterocycles. The van der Waals surface area contributed by atoms with E-state index < -0.39 is 0 Å². The van der Waals surface area contributed by atoms with Crippen LogP contribution in [0.5, 0.6) is 0 Å². The summed E-state index contributed by atoms with van der Waals surface area (Å²) in [6.07, 6.45) is 7.37. The molecule has 0 aromatic carbocycles. The first kappa shape index (κ1) is 10.6. The van der Waals surface area contributed by atoms with Crippen molar-refractivity contribution in [3.63, 3.8) is 0 Å². The third-order valence-electron chi connectivity index (χ3n) is 3.09. The topological polar surface area (TPSA) is 42.1 Å². The minimum atomic E-state index is 0.161. The van der Waals surface area contributed by atoms with Gasteiger partial charge in [-0.15, -0.1) is 0 Å². The van der Waals surface area contributed by atoms with Gasteiger partial charge in [0.1, 0.15) is 0 Å². The van der Waals surface area contributed by atoms with Gasteiger partial charge < -0.3 is 10.6 Å². The Labute approximate surface area is 91.3 Å². The molecule has 2 N–H and O–H groups in total. The van der Waals surface area contributed by atoms with Crippen LogP contribution in [0.1, 0.15) is 30.9 Å². The Bertz CT molecular complexity index is 280. The maximum atomic E-state index is 6.12. The maximum absolute atomic E-state index is 6.12. The van der Waals surface area contributed by atoms with Crippen LogP contribution in [-0.2, 0) is 0 Å². The van der Waals surface area contributed by atoms with Crippen molar-refractivity contribution in [2.24, 2.45) is 5.73 Å². The van der Waals surface area contributed by atoms with E-state index in [-0.39, 0.29) is 6.04 Å². The minimum absolute atomic E-state index is 0.161. The van der Waals surface area contributed by atoms with Gasteiger partial charge in [-0.2, -0.15) is 0 Å². The monoisotopic (exact) mass is 205 g/mol. The Balaban J connectivity index is 1.79. The molecule has 0 spiro atoms. The molecule has 3 nitrogen and oxygen atoms in total. The summed E-state index contributed by atoms with van der Waals surface area (Å²) in [5.74, 6) is 0. The second-order valence-electron chi connectivity index (χ2n) is 4.22. The van der Waals surface area contributed by atoms with Crippen molar-refractivity contribution in [3.8, 4) is 0 Å². The molecule has 1 aliphatic heterocycles. The number of hydrogen-bond donors (Lipinski definition) is 1. The summed E-state index contributed by atoms with van der Waals surface area (Å²) >= 11 is 0. The number of hydrogen-bond acceptors (Lipinski definition) is 3. The van der Waals surface area contributed by atoms with Gasteiger partial charge >= 0.3 is 0 Å². The van der Waals surface area contributed by atoms with Crippen LogP contribution < -0.4 is 5.73 Å². The molecule has 1 aromatic rings. The van der Waals surface area contributed by atoms with Crippen LogP contribution in [0.3, 0.4) is 0 Å². The molecule has 0 bridgehead atoms. The van der Waals surface area contributed by atoms with E-state index in [0.29, 0.717) is 0 Å². The van der Waals surface area contributed by atoms with Gasteiger partial charge in [0.2, 0.25) is 0 Å². The lowest BCUT2D eigenvalue weighted by Gasteiger charge is -2.18. The number of aromatic nitrogens is 1. The lowest BCUT2D eigenvalue weighted by Crippen LogP contribution is -2.24. The van der Waals surface area contributed by atoms with Gasteiger partial charge in [-0.3, -0.25) is 4.98 Å². The highest BCUT2D eigenvalue weighted by molar-refractivity contribution is 5.14. The van der Waals surface area contributed by atoms with E-state index in [1.54, 1.807) is 0 Å². The zero-order valence-electron chi connectivity index (χ0n) is 9.10. The van der Waals surface area contributed by atoms with Crippen molar-refractivity contribution in [2.75, 3.05) is 19.6 Å². The van der Waals surface area contributed by atoms with Crippen molar-refractivity contribution in [2.45, 2.75) is 25.3 Å². The molecule has 15 heavy (non-hydrogen) atoms. The predicted molar refractivity (Wildman–Crippen MR) is 61.5 cm³/mol. The second-order valence-corrected chi connectivity index (χ2v) is 4.22. The molecule has 0 unspecified atom stereocenters. The van der Waals surface area contributed by atoms with Crippen molar-refractivity contribution in [1.82, 2.24) is 9.88 Å². The van der Waals surface area contributed by atoms with E-state index in [0.717, 1.165) is 13.0 Å². The van der Waals surface area contributed by atoms with Crippen LogP contribution in [0.4, 0.5) is 0 Å². The highest BCUT2D eigenvalue weighted by Crippen LogP contribution is 2.15. The fourth-order valence-electron chi connectivity index (χ4n) is 2.11. The van der Waals surface area contributed by atoms with E-state index in [1.165, 1.54) is 31.5 Å². The normalized spacial score (nSPS) is 19.3. The van der Waals surface area contributed by atoms with E-state index in [2.05, 4.69) is 9.88 Å². The van der Waals surface area contributed by atoms with Crippen molar-refractivity contribution >= 4 is 0 Å². The lowest BCUT2D eigenvalue weighted by molar-refractivity contribution is 0.322. The number of rotatable bonds is 4. The quantitative estimate of drug-likeness (QED) is 0.811. The Hall–Kier alpha value is -0.930. The first-order valence-corrected chi connectivity index (χ1v) is 5.74. The summed E-state index contributed by atoms with van der Waals surface area (Å²) in [6, 6.07) is 4.18. The fourth-order valence-corrected chi connectivity index (χ4v) is 2.11. The van der Waals surface area contributed by atoms with Gasteiger partial charge in [0.25, 0.3) is 0 Å². The second kappa shape index (κ2) is 5.24. The number of likely N-dealkylation sites (tertiary alicyclic amines) is 1. The highest BCUT2D eigenvalue weighted by Gasteiger charge is 2.13. The van der Waals surface area contributed by atoms with Crippen LogP contribution in [0, 0.1) is 0 Å². The summed E-state index contributed by atoms with van der Waals surface area (Å²) in [4.78, 5) is 6.50. The summed E-state index contributed by atoms with van der Waals surface area (Å²) in [6.45, 7) is 3.63. The molecule has 3 heteroatoms. The molecule has 0 aliphatic carbocycles. The average molecular weight is 205 g/mol. The Morgan fingerprint density at radius 2 is 1.93 bits per heavy atom. The average Bonchev–Trinajstić information content (AvgIpc) is 2.80. The standard InChI is InChI=1S/C12H19N3/c13-12(11-3-6-14-7-4-11)5-10-15-8-1-2-9-15/h3-4,6-7,12H,1-2,5,8-10,13H2/t12-/m0/s1. The van der Waals surface area contributed by atoms with Crippen LogP contribution in [-0.4, -0.2) is 29.5 Å². The molecule has 0 saturated carbocycles. The molecule has 1 saturated heterocycles. The predicted octanol–water partition coefficient (Wildman–Crippen LogP) is 1.57. The summed E-state index contributed by atoms with van der Waals surface area (Å²) in [7, 11) is 0. The SMILES string of the molecule is N[C@@H](CCN1CCCC1)c1ccncc1. The molecule has 82 valence electrons. The van der Waals surface area contributed by atoms with E-state index in [4.69, 9.17) is 5.73 Å². The zero-order chi connectivity index (χ0) is 10.5. The van der Waals surface area contributed by atoms with Crippen LogP contribution in [0.2, 0.25) is 0 Å². The van der Waals surface area contributed by atoms with Gasteiger partial charge in [-0.05, 0) is 56.6 Å². The van der Waals surface area contributed by atoms with E-state index in [9.17, 15) is 0 Å². The molecule has 1 atom stereocenters. The molecule has 1 fully saturated rings. The van der Waals surface area contributed by atoms with E-state index >= 15 is 0 Å². The molecule has 0 radical (unpaired) electrons. The Morgan fingerprint density at radius 1 is 1.27 bits per heavy atom. The fraction of sp³-hybridized carbons (Fsp3) is 0.583. The van der Waals surface area contributed by atoms with Crippen molar-refractivity contribution in [1.29, 1.82) is 0 Å².